The van der Waals surface area contributed by atoms with Crippen LogP contribution >= 0.6 is 11.3 Å². The molecule has 1 aliphatic carbocycles. The molecule has 0 saturated heterocycles. The molecule has 4 heteroatoms. The van der Waals surface area contributed by atoms with Gasteiger partial charge in [-0.1, -0.05) is 12.1 Å². The van der Waals surface area contributed by atoms with Crippen LogP contribution in [0.4, 0.5) is 0 Å². The highest BCUT2D eigenvalue weighted by molar-refractivity contribution is 7.14. The summed E-state index contributed by atoms with van der Waals surface area (Å²) in [6, 6.07) is 9.88. The lowest BCUT2D eigenvalue weighted by Gasteiger charge is -2.14. The van der Waals surface area contributed by atoms with Crippen molar-refractivity contribution in [2.24, 2.45) is 0 Å². The number of methoxy groups -OCH3 is 1. The van der Waals surface area contributed by atoms with Crippen LogP contribution in [0.3, 0.4) is 0 Å². The van der Waals surface area contributed by atoms with Crippen LogP contribution in [0.5, 0.6) is 5.75 Å². The van der Waals surface area contributed by atoms with E-state index >= 15 is 0 Å². The Kier molecular flexibility index (Phi) is 4.48. The van der Waals surface area contributed by atoms with Crippen LogP contribution in [0, 0.1) is 0 Å². The van der Waals surface area contributed by atoms with E-state index in [-0.39, 0.29) is 11.9 Å². The van der Waals surface area contributed by atoms with Gasteiger partial charge in [0.2, 0.25) is 0 Å². The molecule has 1 unspecified atom stereocenters. The zero-order chi connectivity index (χ0) is 15.5. The number of nitrogens with one attached hydrogen (secondary N) is 1. The van der Waals surface area contributed by atoms with Gasteiger partial charge in [-0.25, -0.2) is 0 Å². The Morgan fingerprint density at radius 1 is 1.23 bits per heavy atom. The van der Waals surface area contributed by atoms with Crippen molar-refractivity contribution in [3.05, 3.63) is 51.2 Å². The second kappa shape index (κ2) is 6.53. The summed E-state index contributed by atoms with van der Waals surface area (Å²) in [5, 5.41) is 3.09. The third-order valence-electron chi connectivity index (χ3n) is 4.18. The SMILES string of the molecule is COc1ccc(C(C)NC(=O)c2cc3c(s2)CCCC3)cc1. The summed E-state index contributed by atoms with van der Waals surface area (Å²) in [6.07, 6.45) is 4.73. The minimum atomic E-state index is -0.0162. The van der Waals surface area contributed by atoms with Crippen molar-refractivity contribution >= 4 is 17.2 Å². The van der Waals surface area contributed by atoms with Gasteiger partial charge in [0, 0.05) is 4.88 Å². The van der Waals surface area contributed by atoms with Gasteiger partial charge in [-0.15, -0.1) is 11.3 Å². The number of hydrogen-bond donors (Lipinski definition) is 1. The molecule has 1 aliphatic rings. The van der Waals surface area contributed by atoms with Gasteiger partial charge in [0.25, 0.3) is 5.91 Å². The number of benzene rings is 1. The predicted octanol–water partition coefficient (Wildman–Crippen LogP) is 4.13. The zero-order valence-electron chi connectivity index (χ0n) is 13.0. The molecule has 116 valence electrons. The van der Waals surface area contributed by atoms with Crippen molar-refractivity contribution in [3.63, 3.8) is 0 Å². The van der Waals surface area contributed by atoms with Crippen LogP contribution in [0.2, 0.25) is 0 Å². The van der Waals surface area contributed by atoms with E-state index in [1.807, 2.05) is 31.2 Å². The van der Waals surface area contributed by atoms with E-state index in [2.05, 4.69) is 11.4 Å². The fraction of sp³-hybridized carbons (Fsp3) is 0.389. The molecule has 1 aromatic carbocycles. The Labute approximate surface area is 135 Å². The van der Waals surface area contributed by atoms with Crippen molar-refractivity contribution in [1.82, 2.24) is 5.32 Å². The van der Waals surface area contributed by atoms with E-state index in [1.54, 1.807) is 18.4 Å². The monoisotopic (exact) mass is 315 g/mol. The van der Waals surface area contributed by atoms with Gasteiger partial charge in [0.15, 0.2) is 0 Å². The number of rotatable bonds is 4. The molecule has 1 heterocycles. The first-order chi connectivity index (χ1) is 10.7. The highest BCUT2D eigenvalue weighted by Crippen LogP contribution is 2.30. The maximum atomic E-state index is 12.4. The third-order valence-corrected chi connectivity index (χ3v) is 5.42. The zero-order valence-corrected chi connectivity index (χ0v) is 13.8. The summed E-state index contributed by atoms with van der Waals surface area (Å²) in [5.41, 5.74) is 2.45. The average Bonchev–Trinajstić information content (AvgIpc) is 2.99. The summed E-state index contributed by atoms with van der Waals surface area (Å²) >= 11 is 1.65. The van der Waals surface area contributed by atoms with Crippen LogP contribution in [-0.4, -0.2) is 13.0 Å². The summed E-state index contributed by atoms with van der Waals surface area (Å²) in [7, 11) is 1.65. The fourth-order valence-electron chi connectivity index (χ4n) is 2.85. The normalized spacial score (nSPS) is 15.0. The number of fused-ring (bicyclic) bond motifs is 1. The largest absolute Gasteiger partial charge is 0.497 e. The molecule has 2 aromatic rings. The van der Waals surface area contributed by atoms with Crippen LogP contribution < -0.4 is 10.1 Å². The maximum absolute atomic E-state index is 12.4. The minimum Gasteiger partial charge on any atom is -0.497 e. The van der Waals surface area contributed by atoms with E-state index in [1.165, 1.54) is 23.3 Å². The summed E-state index contributed by atoms with van der Waals surface area (Å²) in [6.45, 7) is 2.01. The molecule has 3 rings (SSSR count). The van der Waals surface area contributed by atoms with E-state index in [9.17, 15) is 4.79 Å². The Morgan fingerprint density at radius 3 is 2.64 bits per heavy atom. The average molecular weight is 315 g/mol. The van der Waals surface area contributed by atoms with Gasteiger partial charge in [0.05, 0.1) is 18.0 Å². The number of ether oxygens (including phenoxy) is 1. The lowest BCUT2D eigenvalue weighted by atomic mass is 9.99. The molecule has 1 atom stereocenters. The first kappa shape index (κ1) is 15.1. The number of carbonyl (C=O) groups is 1. The van der Waals surface area contributed by atoms with Crippen molar-refractivity contribution in [1.29, 1.82) is 0 Å². The van der Waals surface area contributed by atoms with Crippen molar-refractivity contribution in [2.45, 2.75) is 38.6 Å². The molecule has 0 aliphatic heterocycles. The highest BCUT2D eigenvalue weighted by atomic mass is 32.1. The molecule has 0 fully saturated rings. The van der Waals surface area contributed by atoms with Gasteiger partial charge >= 0.3 is 0 Å². The first-order valence-electron chi connectivity index (χ1n) is 7.74. The second-order valence-electron chi connectivity index (χ2n) is 5.73. The molecular weight excluding hydrogens is 294 g/mol. The highest BCUT2D eigenvalue weighted by Gasteiger charge is 2.18. The molecule has 1 amide bonds. The summed E-state index contributed by atoms with van der Waals surface area (Å²) in [4.78, 5) is 14.7. The Bertz CT molecular complexity index is 637. The van der Waals surface area contributed by atoms with Gasteiger partial charge in [-0.3, -0.25) is 4.79 Å². The van der Waals surface area contributed by atoms with Crippen LogP contribution in [-0.2, 0) is 12.8 Å². The van der Waals surface area contributed by atoms with E-state index < -0.39 is 0 Å². The molecule has 0 radical (unpaired) electrons. The maximum Gasteiger partial charge on any atom is 0.261 e. The van der Waals surface area contributed by atoms with Gasteiger partial charge < -0.3 is 10.1 Å². The lowest BCUT2D eigenvalue weighted by Crippen LogP contribution is -2.25. The lowest BCUT2D eigenvalue weighted by molar-refractivity contribution is 0.0944. The van der Waals surface area contributed by atoms with Gasteiger partial charge in [-0.05, 0) is 61.9 Å². The summed E-state index contributed by atoms with van der Waals surface area (Å²) < 4.78 is 5.16. The van der Waals surface area contributed by atoms with E-state index in [0.717, 1.165) is 29.0 Å². The third kappa shape index (κ3) is 3.17. The molecule has 22 heavy (non-hydrogen) atoms. The second-order valence-corrected chi connectivity index (χ2v) is 6.87. The Balaban J connectivity index is 1.68. The molecule has 0 spiro atoms. The number of thiophene rings is 1. The smallest absolute Gasteiger partial charge is 0.261 e. The van der Waals surface area contributed by atoms with Crippen molar-refractivity contribution in [3.8, 4) is 5.75 Å². The predicted molar refractivity (Wildman–Crippen MR) is 89.8 cm³/mol. The van der Waals surface area contributed by atoms with E-state index in [4.69, 9.17) is 4.74 Å². The van der Waals surface area contributed by atoms with Gasteiger partial charge in [-0.2, -0.15) is 0 Å². The number of carbonyl (C=O) groups excluding carboxylic acids is 1. The number of aryl methyl sites for hydroxylation is 2. The number of hydrogen-bond acceptors (Lipinski definition) is 3. The van der Waals surface area contributed by atoms with E-state index in [0.29, 0.717) is 0 Å². The molecule has 1 aromatic heterocycles. The van der Waals surface area contributed by atoms with Crippen molar-refractivity contribution < 1.29 is 9.53 Å². The molecule has 1 N–H and O–H groups in total. The molecular formula is C18H21NO2S. The fourth-order valence-corrected chi connectivity index (χ4v) is 4.00. The van der Waals surface area contributed by atoms with Crippen LogP contribution in [0.1, 0.15) is 51.5 Å². The Hall–Kier alpha value is -1.81. The van der Waals surface area contributed by atoms with Gasteiger partial charge in [0.1, 0.15) is 5.75 Å². The quantitative estimate of drug-likeness (QED) is 0.921. The topological polar surface area (TPSA) is 38.3 Å². The number of amides is 1. The summed E-state index contributed by atoms with van der Waals surface area (Å²) in [5.74, 6) is 0.857. The molecule has 0 bridgehead atoms. The van der Waals surface area contributed by atoms with Crippen LogP contribution in [0.15, 0.2) is 30.3 Å². The molecule has 0 saturated carbocycles. The van der Waals surface area contributed by atoms with Crippen molar-refractivity contribution in [2.75, 3.05) is 7.11 Å². The standard InChI is InChI=1S/C18H21NO2S/c1-12(13-7-9-15(21-2)10-8-13)19-18(20)17-11-14-5-3-4-6-16(14)22-17/h7-12H,3-6H2,1-2H3,(H,19,20). The molecule has 3 nitrogen and oxygen atoms in total. The Morgan fingerprint density at radius 2 is 1.95 bits per heavy atom. The first-order valence-corrected chi connectivity index (χ1v) is 8.55. The minimum absolute atomic E-state index is 0.0162. The van der Waals surface area contributed by atoms with Crippen LogP contribution in [0.25, 0.3) is 0 Å².